The lowest BCUT2D eigenvalue weighted by molar-refractivity contribution is -0.123. The van der Waals surface area contributed by atoms with E-state index in [4.69, 9.17) is 14.0 Å². The van der Waals surface area contributed by atoms with Crippen molar-refractivity contribution in [1.82, 2.24) is 10.2 Å². The SMILES string of the molecule is CC(=O)N[C@]1(CO)C[C@@H](CCB2OC(C)(C)C(C)(C)O2)CN(C(=O)OC(C)(C)C)C1. The molecule has 2 saturated heterocycles. The molecule has 0 spiro atoms. The van der Waals surface area contributed by atoms with Gasteiger partial charge in [-0.05, 0) is 67.1 Å². The molecule has 8 nitrogen and oxygen atoms in total. The molecule has 30 heavy (non-hydrogen) atoms. The van der Waals surface area contributed by atoms with Crippen molar-refractivity contribution in [2.75, 3.05) is 19.7 Å². The van der Waals surface area contributed by atoms with Gasteiger partial charge in [0.05, 0.1) is 23.3 Å². The summed E-state index contributed by atoms with van der Waals surface area (Å²) in [6.07, 6.45) is 1.53. The van der Waals surface area contributed by atoms with Crippen LogP contribution in [-0.2, 0) is 18.8 Å². The molecule has 0 aromatic heterocycles. The van der Waals surface area contributed by atoms with E-state index in [2.05, 4.69) is 5.32 Å². The Bertz CT molecular complexity index is 632. The van der Waals surface area contributed by atoms with Gasteiger partial charge in [0.2, 0.25) is 5.91 Å². The summed E-state index contributed by atoms with van der Waals surface area (Å²) in [5.41, 5.74) is -2.29. The maximum Gasteiger partial charge on any atom is 0.457 e. The number of likely N-dealkylation sites (tertiary alicyclic amines) is 1. The van der Waals surface area contributed by atoms with E-state index < -0.39 is 28.4 Å². The molecule has 172 valence electrons. The molecule has 2 N–H and O–H groups in total. The van der Waals surface area contributed by atoms with Gasteiger partial charge >= 0.3 is 13.2 Å². The van der Waals surface area contributed by atoms with Crippen molar-refractivity contribution in [3.8, 4) is 0 Å². The Morgan fingerprint density at radius 1 is 1.20 bits per heavy atom. The summed E-state index contributed by atoms with van der Waals surface area (Å²) in [4.78, 5) is 26.1. The Morgan fingerprint density at radius 2 is 1.77 bits per heavy atom. The predicted molar refractivity (Wildman–Crippen MR) is 115 cm³/mol. The number of nitrogens with zero attached hydrogens (tertiary/aromatic N) is 1. The van der Waals surface area contributed by atoms with Gasteiger partial charge in [0.25, 0.3) is 0 Å². The van der Waals surface area contributed by atoms with Crippen LogP contribution < -0.4 is 5.32 Å². The topological polar surface area (TPSA) is 97.3 Å². The Balaban J connectivity index is 2.11. The zero-order chi connectivity index (χ0) is 23.0. The van der Waals surface area contributed by atoms with E-state index in [1.807, 2.05) is 48.5 Å². The first-order valence-electron chi connectivity index (χ1n) is 10.8. The third kappa shape index (κ3) is 6.11. The molecule has 0 aromatic carbocycles. The van der Waals surface area contributed by atoms with E-state index in [9.17, 15) is 14.7 Å². The van der Waals surface area contributed by atoms with Crippen molar-refractivity contribution < 1.29 is 28.7 Å². The van der Waals surface area contributed by atoms with Crippen LogP contribution >= 0.6 is 0 Å². The third-order valence-corrected chi connectivity index (χ3v) is 6.16. The summed E-state index contributed by atoms with van der Waals surface area (Å²) in [5, 5.41) is 13.0. The van der Waals surface area contributed by atoms with Crippen molar-refractivity contribution in [2.45, 2.75) is 96.9 Å². The average molecular weight is 426 g/mol. The second-order valence-corrected chi connectivity index (χ2v) is 10.8. The fourth-order valence-electron chi connectivity index (χ4n) is 4.15. The molecule has 0 radical (unpaired) electrons. The van der Waals surface area contributed by atoms with Gasteiger partial charge in [-0.25, -0.2) is 4.79 Å². The van der Waals surface area contributed by atoms with Crippen LogP contribution in [-0.4, -0.2) is 71.2 Å². The van der Waals surface area contributed by atoms with Crippen LogP contribution in [0.3, 0.4) is 0 Å². The molecule has 2 aliphatic rings. The van der Waals surface area contributed by atoms with Crippen LogP contribution in [0.15, 0.2) is 0 Å². The zero-order valence-corrected chi connectivity index (χ0v) is 19.8. The van der Waals surface area contributed by atoms with E-state index in [1.165, 1.54) is 6.92 Å². The second kappa shape index (κ2) is 8.67. The number of nitrogens with one attached hydrogen (secondary N) is 1. The fourth-order valence-corrected chi connectivity index (χ4v) is 4.15. The minimum atomic E-state index is -0.887. The highest BCUT2D eigenvalue weighted by atomic mass is 16.7. The maximum atomic E-state index is 12.7. The molecule has 0 saturated carbocycles. The largest absolute Gasteiger partial charge is 0.457 e. The molecular weight excluding hydrogens is 387 g/mol. The Kier molecular flexibility index (Phi) is 7.21. The molecule has 0 aromatic rings. The summed E-state index contributed by atoms with van der Waals surface area (Å²) in [5.74, 6) is -0.177. The molecule has 2 fully saturated rings. The van der Waals surface area contributed by atoms with Gasteiger partial charge in [-0.15, -0.1) is 0 Å². The van der Waals surface area contributed by atoms with E-state index >= 15 is 0 Å². The first-order chi connectivity index (χ1) is 13.6. The van der Waals surface area contributed by atoms with E-state index in [-0.39, 0.29) is 32.1 Å². The number of amides is 2. The summed E-state index contributed by atoms with van der Waals surface area (Å²) in [7, 11) is -0.323. The van der Waals surface area contributed by atoms with Crippen molar-refractivity contribution in [3.05, 3.63) is 0 Å². The second-order valence-electron chi connectivity index (χ2n) is 10.8. The summed E-state index contributed by atoms with van der Waals surface area (Å²) in [6, 6.07) is 0. The highest BCUT2D eigenvalue weighted by Crippen LogP contribution is 2.39. The molecule has 2 atom stereocenters. The number of carbonyl (C=O) groups is 2. The normalized spacial score (nSPS) is 28.4. The van der Waals surface area contributed by atoms with Gasteiger partial charge in [-0.3, -0.25) is 4.79 Å². The van der Waals surface area contributed by atoms with Gasteiger partial charge in [0.1, 0.15) is 5.60 Å². The molecule has 2 aliphatic heterocycles. The molecule has 0 aliphatic carbocycles. The maximum absolute atomic E-state index is 12.7. The van der Waals surface area contributed by atoms with E-state index in [0.29, 0.717) is 19.3 Å². The summed E-state index contributed by atoms with van der Waals surface area (Å²) in [6.45, 7) is 15.4. The molecule has 2 heterocycles. The van der Waals surface area contributed by atoms with Crippen molar-refractivity contribution in [2.24, 2.45) is 5.92 Å². The number of ether oxygens (including phenoxy) is 1. The number of piperidine rings is 1. The van der Waals surface area contributed by atoms with Crippen LogP contribution in [0.1, 0.15) is 68.2 Å². The van der Waals surface area contributed by atoms with Crippen LogP contribution in [0.25, 0.3) is 0 Å². The fraction of sp³-hybridized carbons (Fsp3) is 0.905. The number of hydrogen-bond acceptors (Lipinski definition) is 6. The number of carbonyl (C=O) groups excluding carboxylic acids is 2. The van der Waals surface area contributed by atoms with Gasteiger partial charge in [-0.1, -0.05) is 6.42 Å². The number of aliphatic hydroxyl groups is 1. The van der Waals surface area contributed by atoms with Gasteiger partial charge < -0.3 is 29.4 Å². The quantitative estimate of drug-likeness (QED) is 0.656. The Hall–Kier alpha value is -1.32. The van der Waals surface area contributed by atoms with Gasteiger partial charge in [0, 0.05) is 20.0 Å². The molecule has 2 rings (SSSR count). The molecule has 9 heteroatoms. The predicted octanol–water partition coefficient (Wildman–Crippen LogP) is 2.59. The first-order valence-corrected chi connectivity index (χ1v) is 10.8. The number of aliphatic hydroxyl groups excluding tert-OH is 1. The first kappa shape index (κ1) is 24.9. The standard InChI is InChI=1S/C21H39BN2O6/c1-15(26)23-21(14-25)11-16(12-24(13-21)17(27)28-18(2,3)4)9-10-22-29-19(5,6)20(7,8)30-22/h16,25H,9-14H2,1-8H3,(H,23,26)/t16-,21-/m1/s1. The number of hydrogen-bond donors (Lipinski definition) is 2. The summed E-state index contributed by atoms with van der Waals surface area (Å²) < 4.78 is 17.7. The molecule has 0 unspecified atom stereocenters. The van der Waals surface area contributed by atoms with E-state index in [0.717, 1.165) is 6.42 Å². The van der Waals surface area contributed by atoms with Crippen molar-refractivity contribution >= 4 is 19.1 Å². The monoisotopic (exact) mass is 426 g/mol. The lowest BCUT2D eigenvalue weighted by Gasteiger charge is -2.45. The minimum Gasteiger partial charge on any atom is -0.444 e. The Morgan fingerprint density at radius 3 is 2.23 bits per heavy atom. The van der Waals surface area contributed by atoms with E-state index in [1.54, 1.807) is 4.90 Å². The van der Waals surface area contributed by atoms with Crippen molar-refractivity contribution in [1.29, 1.82) is 0 Å². The average Bonchev–Trinajstić information content (AvgIpc) is 2.77. The molecule has 0 bridgehead atoms. The van der Waals surface area contributed by atoms with Crippen molar-refractivity contribution in [3.63, 3.8) is 0 Å². The minimum absolute atomic E-state index is 0.0595. The third-order valence-electron chi connectivity index (χ3n) is 6.16. The van der Waals surface area contributed by atoms with Gasteiger partial charge in [0.15, 0.2) is 0 Å². The zero-order valence-electron chi connectivity index (χ0n) is 19.8. The highest BCUT2D eigenvalue weighted by Gasteiger charge is 2.51. The van der Waals surface area contributed by atoms with Crippen LogP contribution in [0.4, 0.5) is 4.79 Å². The summed E-state index contributed by atoms with van der Waals surface area (Å²) >= 11 is 0. The van der Waals surface area contributed by atoms with Crippen LogP contribution in [0.5, 0.6) is 0 Å². The van der Waals surface area contributed by atoms with Crippen LogP contribution in [0.2, 0.25) is 6.32 Å². The lowest BCUT2D eigenvalue weighted by Crippen LogP contribution is -2.63. The highest BCUT2D eigenvalue weighted by molar-refractivity contribution is 6.45. The molecular formula is C21H39BN2O6. The molecule has 2 amide bonds. The smallest absolute Gasteiger partial charge is 0.444 e. The van der Waals surface area contributed by atoms with Crippen LogP contribution in [0, 0.1) is 5.92 Å². The van der Waals surface area contributed by atoms with Gasteiger partial charge in [-0.2, -0.15) is 0 Å². The Labute approximate surface area is 181 Å². The number of rotatable bonds is 5. The lowest BCUT2D eigenvalue weighted by atomic mass is 9.74.